The lowest BCUT2D eigenvalue weighted by atomic mass is 10.0. The second-order valence-corrected chi connectivity index (χ2v) is 10.4. The van der Waals surface area contributed by atoms with Gasteiger partial charge in [-0.05, 0) is 65.8 Å². The molecule has 0 bridgehead atoms. The van der Waals surface area contributed by atoms with Crippen LogP contribution in [0.4, 0.5) is 5.69 Å². The van der Waals surface area contributed by atoms with Crippen LogP contribution in [0.1, 0.15) is 25.3 Å². The van der Waals surface area contributed by atoms with Crippen LogP contribution in [0.2, 0.25) is 0 Å². The van der Waals surface area contributed by atoms with E-state index in [1.165, 1.54) is 17.8 Å². The number of hydrogen-bond acceptors (Lipinski definition) is 3. The summed E-state index contributed by atoms with van der Waals surface area (Å²) in [6.45, 7) is 4.82. The number of fused-ring (bicyclic) bond motifs is 1. The first-order valence-electron chi connectivity index (χ1n) is 11.9. The van der Waals surface area contributed by atoms with Gasteiger partial charge in [-0.15, -0.1) is 0 Å². The van der Waals surface area contributed by atoms with Crippen molar-refractivity contribution < 1.29 is 24.0 Å². The Hall–Kier alpha value is -3.02. The van der Waals surface area contributed by atoms with Crippen molar-refractivity contribution in [1.82, 2.24) is 0 Å². The molecule has 0 radical (unpaired) electrons. The fourth-order valence-electron chi connectivity index (χ4n) is 4.28. The quantitative estimate of drug-likeness (QED) is 0.228. The Labute approximate surface area is 206 Å². The molecule has 35 heavy (non-hydrogen) atoms. The van der Waals surface area contributed by atoms with Crippen LogP contribution in [0.5, 0.6) is 0 Å². The Balaban J connectivity index is 1.50. The van der Waals surface area contributed by atoms with Gasteiger partial charge in [0.05, 0.1) is 5.30 Å². The molecule has 4 rings (SSSR count). The van der Waals surface area contributed by atoms with Crippen molar-refractivity contribution in [2.45, 2.75) is 26.3 Å². The van der Waals surface area contributed by atoms with Gasteiger partial charge in [0, 0.05) is 42.4 Å². The molecular formula is C28H32N2O4P+. The summed E-state index contributed by atoms with van der Waals surface area (Å²) < 4.78 is 13.4. The van der Waals surface area contributed by atoms with Gasteiger partial charge in [-0.1, -0.05) is 37.3 Å². The lowest BCUT2D eigenvalue weighted by Crippen LogP contribution is -2.33. The van der Waals surface area contributed by atoms with Gasteiger partial charge < -0.3 is 19.8 Å². The summed E-state index contributed by atoms with van der Waals surface area (Å²) in [6, 6.07) is 23.6. The Bertz CT molecular complexity index is 1320. The predicted octanol–water partition coefficient (Wildman–Crippen LogP) is 4.24. The maximum absolute atomic E-state index is 11.4. The number of nitrogens with zero attached hydrogens (tertiary/aromatic N) is 2. The number of aliphatic hydroxyl groups is 1. The van der Waals surface area contributed by atoms with Crippen LogP contribution in [0, 0.1) is 0 Å². The summed E-state index contributed by atoms with van der Waals surface area (Å²) in [7, 11) is -4.22. The molecule has 7 heteroatoms. The summed E-state index contributed by atoms with van der Waals surface area (Å²) in [5.41, 5.74) is 4.47. The van der Waals surface area contributed by atoms with Crippen LogP contribution < -0.4 is 14.8 Å². The van der Waals surface area contributed by atoms with Crippen LogP contribution in [0.3, 0.4) is 0 Å². The smallest absolute Gasteiger partial charge is 0.356 e. The average Bonchev–Trinajstić information content (AvgIpc) is 2.86. The van der Waals surface area contributed by atoms with Crippen LogP contribution in [-0.2, 0) is 11.1 Å². The second-order valence-electron chi connectivity index (χ2n) is 8.78. The monoisotopic (exact) mass is 491 g/mol. The second kappa shape index (κ2) is 11.1. The fourth-order valence-corrected chi connectivity index (χ4v) is 4.82. The molecule has 3 aromatic carbocycles. The highest BCUT2D eigenvalue weighted by Gasteiger charge is 2.16. The number of hydrogen-bond donors (Lipinski definition) is 3. The lowest BCUT2D eigenvalue weighted by molar-refractivity contribution is -0.687. The number of benzene rings is 3. The van der Waals surface area contributed by atoms with Crippen molar-refractivity contribution in [3.63, 3.8) is 0 Å². The third kappa shape index (κ3) is 6.36. The molecule has 0 amide bonds. The molecule has 0 fully saturated rings. The molecule has 0 saturated carbocycles. The molecule has 0 atom stereocenters. The van der Waals surface area contributed by atoms with Gasteiger partial charge in [0.15, 0.2) is 18.9 Å². The zero-order valence-electron chi connectivity index (χ0n) is 19.9. The Kier molecular flexibility index (Phi) is 7.99. The highest BCUT2D eigenvalue weighted by atomic mass is 31.2. The maximum Gasteiger partial charge on any atom is 0.356 e. The van der Waals surface area contributed by atoms with E-state index in [0.29, 0.717) is 6.54 Å². The van der Waals surface area contributed by atoms with Crippen molar-refractivity contribution in [3.8, 4) is 11.1 Å². The predicted molar refractivity (Wildman–Crippen MR) is 141 cm³/mol. The van der Waals surface area contributed by atoms with E-state index in [1.54, 1.807) is 12.1 Å². The molecule has 6 nitrogen and oxygen atoms in total. The van der Waals surface area contributed by atoms with E-state index in [2.05, 4.69) is 71.1 Å². The standard InChI is InChI=1S/C28H31N2O4P/c1-2-15-30(16-3-18-31)27-10-8-23(9-11-27)24-6-7-26-21-29(17-14-25(26)19-24)20-22-4-12-28(13-5-22)35(32,33)34/h4-14,17,19,21,31H,2-3,15-16,18,20H2,1H3,(H-,32,33,34)/p+1. The lowest BCUT2D eigenvalue weighted by Gasteiger charge is -2.24. The first-order valence-corrected chi connectivity index (χ1v) is 13.5. The fraction of sp³-hybridized carbons (Fsp3) is 0.250. The normalized spacial score (nSPS) is 11.7. The first kappa shape index (κ1) is 25.1. The van der Waals surface area contributed by atoms with Gasteiger partial charge in [0.2, 0.25) is 0 Å². The Morgan fingerprint density at radius 2 is 1.57 bits per heavy atom. The minimum Gasteiger partial charge on any atom is -0.396 e. The summed E-state index contributed by atoms with van der Waals surface area (Å²) in [5, 5.41) is 11.5. The topological polar surface area (TPSA) is 84.9 Å². The van der Waals surface area contributed by atoms with E-state index in [0.717, 1.165) is 53.4 Å². The molecule has 0 aliphatic rings. The molecule has 4 aromatic rings. The van der Waals surface area contributed by atoms with E-state index in [-0.39, 0.29) is 11.9 Å². The summed E-state index contributed by atoms with van der Waals surface area (Å²) in [4.78, 5) is 20.9. The van der Waals surface area contributed by atoms with Crippen molar-refractivity contribution >= 4 is 29.4 Å². The van der Waals surface area contributed by atoms with Crippen LogP contribution in [0.15, 0.2) is 85.2 Å². The highest BCUT2D eigenvalue weighted by molar-refractivity contribution is 7.60. The van der Waals surface area contributed by atoms with Gasteiger partial charge >= 0.3 is 7.60 Å². The third-order valence-electron chi connectivity index (χ3n) is 6.12. The molecule has 0 unspecified atom stereocenters. The van der Waals surface area contributed by atoms with Gasteiger partial charge in [-0.2, -0.15) is 0 Å². The Morgan fingerprint density at radius 3 is 2.23 bits per heavy atom. The van der Waals surface area contributed by atoms with Gasteiger partial charge in [0.1, 0.15) is 0 Å². The number of anilines is 1. The van der Waals surface area contributed by atoms with Crippen LogP contribution in [-0.4, -0.2) is 34.6 Å². The maximum atomic E-state index is 11.4. The molecule has 1 heterocycles. The number of pyridine rings is 1. The summed E-state index contributed by atoms with van der Waals surface area (Å²) in [5.74, 6) is 0. The van der Waals surface area contributed by atoms with E-state index < -0.39 is 7.60 Å². The van der Waals surface area contributed by atoms with Crippen molar-refractivity contribution in [3.05, 3.63) is 90.8 Å². The SMILES string of the molecule is CCCN(CCCO)c1ccc(-c2ccc3c[n+](Cc4ccc(P(=O)(O)O)cc4)ccc3c2)cc1. The van der Waals surface area contributed by atoms with Gasteiger partial charge in [0.25, 0.3) is 0 Å². The number of aromatic nitrogens is 1. The Morgan fingerprint density at radius 1 is 0.857 bits per heavy atom. The molecular weight excluding hydrogens is 459 g/mol. The highest BCUT2D eigenvalue weighted by Crippen LogP contribution is 2.32. The third-order valence-corrected chi connectivity index (χ3v) is 7.09. The van der Waals surface area contributed by atoms with Crippen molar-refractivity contribution in [2.75, 3.05) is 24.6 Å². The molecule has 0 spiro atoms. The molecule has 182 valence electrons. The minimum absolute atomic E-state index is 0.0357. The van der Waals surface area contributed by atoms with Crippen LogP contribution in [0.25, 0.3) is 21.9 Å². The summed E-state index contributed by atoms with van der Waals surface area (Å²) >= 11 is 0. The largest absolute Gasteiger partial charge is 0.396 e. The molecule has 0 aliphatic heterocycles. The summed E-state index contributed by atoms with van der Waals surface area (Å²) in [6.07, 6.45) is 5.94. The van der Waals surface area contributed by atoms with E-state index in [9.17, 15) is 19.5 Å². The molecule has 0 aliphatic carbocycles. The van der Waals surface area contributed by atoms with E-state index in [4.69, 9.17) is 0 Å². The molecule has 3 N–H and O–H groups in total. The van der Waals surface area contributed by atoms with Crippen LogP contribution >= 0.6 is 7.60 Å². The van der Waals surface area contributed by atoms with Gasteiger partial charge in [-0.3, -0.25) is 4.57 Å². The zero-order chi connectivity index (χ0) is 24.8. The van der Waals surface area contributed by atoms with E-state index in [1.807, 2.05) is 6.20 Å². The molecule has 1 aromatic heterocycles. The minimum atomic E-state index is -4.22. The first-order chi connectivity index (χ1) is 16.9. The van der Waals surface area contributed by atoms with Gasteiger partial charge in [-0.25, -0.2) is 4.57 Å². The van der Waals surface area contributed by atoms with Crippen molar-refractivity contribution in [2.24, 2.45) is 0 Å². The number of aliphatic hydroxyl groups excluding tert-OH is 1. The van der Waals surface area contributed by atoms with Crippen molar-refractivity contribution in [1.29, 1.82) is 0 Å². The van der Waals surface area contributed by atoms with E-state index >= 15 is 0 Å². The average molecular weight is 492 g/mol. The zero-order valence-corrected chi connectivity index (χ0v) is 20.8. The number of rotatable bonds is 10. The molecule has 0 saturated heterocycles.